The minimum absolute atomic E-state index is 0.115. The minimum Gasteiger partial charge on any atom is -0.497 e. The highest BCUT2D eigenvalue weighted by molar-refractivity contribution is 5.88. The second kappa shape index (κ2) is 7.00. The third kappa shape index (κ3) is 3.12. The first-order valence-corrected chi connectivity index (χ1v) is 7.63. The molecule has 1 saturated heterocycles. The standard InChI is InChI=1S/C17H19FN2O4/c1-22-8-13-14(20-16(21)15(13)18)9-24-17-12-7-11(23-2)4-3-10(12)5-6-19-17/h3-7,13-15H,8-9H2,1-2H3,(H,20,21)/t13-,14+,15+/m0/s1. The van der Waals surface area contributed by atoms with Crippen LogP contribution in [-0.2, 0) is 9.53 Å². The van der Waals surface area contributed by atoms with Crippen LogP contribution in [0.25, 0.3) is 10.8 Å². The Kier molecular flexibility index (Phi) is 4.80. The molecule has 1 aliphatic rings. The fourth-order valence-corrected chi connectivity index (χ4v) is 2.86. The summed E-state index contributed by atoms with van der Waals surface area (Å²) in [7, 11) is 3.06. The largest absolute Gasteiger partial charge is 0.497 e. The topological polar surface area (TPSA) is 69.7 Å². The van der Waals surface area contributed by atoms with Gasteiger partial charge in [0.2, 0.25) is 5.88 Å². The molecule has 1 aliphatic heterocycles. The van der Waals surface area contributed by atoms with Crippen LogP contribution in [0.5, 0.6) is 11.6 Å². The van der Waals surface area contributed by atoms with Crippen molar-refractivity contribution in [3.05, 3.63) is 30.5 Å². The molecular weight excluding hydrogens is 315 g/mol. The third-order valence-electron chi connectivity index (χ3n) is 4.17. The maximum Gasteiger partial charge on any atom is 0.255 e. The molecule has 6 nitrogen and oxygen atoms in total. The maximum absolute atomic E-state index is 13.9. The molecule has 0 unspecified atom stereocenters. The highest BCUT2D eigenvalue weighted by atomic mass is 19.1. The quantitative estimate of drug-likeness (QED) is 0.871. The number of hydrogen-bond acceptors (Lipinski definition) is 5. The van der Waals surface area contributed by atoms with Gasteiger partial charge in [0.15, 0.2) is 6.17 Å². The van der Waals surface area contributed by atoms with Crippen LogP contribution in [0.3, 0.4) is 0 Å². The zero-order valence-electron chi connectivity index (χ0n) is 13.5. The molecule has 2 aromatic rings. The zero-order valence-corrected chi connectivity index (χ0v) is 13.5. The zero-order chi connectivity index (χ0) is 17.1. The highest BCUT2D eigenvalue weighted by Gasteiger charge is 2.43. The minimum atomic E-state index is -1.58. The smallest absolute Gasteiger partial charge is 0.255 e. The molecule has 0 radical (unpaired) electrons. The summed E-state index contributed by atoms with van der Waals surface area (Å²) in [4.78, 5) is 15.8. The number of hydrogen-bond donors (Lipinski definition) is 1. The van der Waals surface area contributed by atoms with Crippen molar-refractivity contribution in [1.82, 2.24) is 10.3 Å². The van der Waals surface area contributed by atoms with Gasteiger partial charge >= 0.3 is 0 Å². The van der Waals surface area contributed by atoms with Crippen molar-refractivity contribution in [2.24, 2.45) is 5.92 Å². The van der Waals surface area contributed by atoms with Gasteiger partial charge in [-0.15, -0.1) is 0 Å². The van der Waals surface area contributed by atoms with Crippen LogP contribution in [0.4, 0.5) is 4.39 Å². The number of fused-ring (bicyclic) bond motifs is 1. The molecule has 3 rings (SSSR count). The summed E-state index contributed by atoms with van der Waals surface area (Å²) >= 11 is 0. The summed E-state index contributed by atoms with van der Waals surface area (Å²) in [6.45, 7) is 0.258. The van der Waals surface area contributed by atoms with Gasteiger partial charge in [0.05, 0.1) is 19.8 Å². The van der Waals surface area contributed by atoms with Gasteiger partial charge in [0.25, 0.3) is 5.91 Å². The van der Waals surface area contributed by atoms with Gasteiger partial charge in [-0.2, -0.15) is 0 Å². The first-order valence-electron chi connectivity index (χ1n) is 7.63. The monoisotopic (exact) mass is 334 g/mol. The van der Waals surface area contributed by atoms with Crippen LogP contribution in [0.2, 0.25) is 0 Å². The van der Waals surface area contributed by atoms with Gasteiger partial charge in [-0.3, -0.25) is 4.79 Å². The van der Waals surface area contributed by atoms with Crippen molar-refractivity contribution < 1.29 is 23.4 Å². The molecule has 24 heavy (non-hydrogen) atoms. The molecule has 7 heteroatoms. The number of nitrogens with zero attached hydrogens (tertiary/aromatic N) is 1. The first-order chi connectivity index (χ1) is 11.6. The highest BCUT2D eigenvalue weighted by Crippen LogP contribution is 2.28. The predicted molar refractivity (Wildman–Crippen MR) is 86.0 cm³/mol. The van der Waals surface area contributed by atoms with Crippen LogP contribution in [0.15, 0.2) is 30.5 Å². The van der Waals surface area contributed by atoms with E-state index in [1.165, 1.54) is 7.11 Å². The van der Waals surface area contributed by atoms with Gasteiger partial charge in [-0.1, -0.05) is 6.07 Å². The van der Waals surface area contributed by atoms with E-state index >= 15 is 0 Å². The number of benzene rings is 1. The number of amides is 1. The van der Waals surface area contributed by atoms with Crippen LogP contribution < -0.4 is 14.8 Å². The Hall–Kier alpha value is -2.41. The molecule has 0 bridgehead atoms. The van der Waals surface area contributed by atoms with Gasteiger partial charge in [-0.05, 0) is 23.6 Å². The molecule has 128 valence electrons. The van der Waals surface area contributed by atoms with Crippen LogP contribution in [0.1, 0.15) is 0 Å². The molecule has 1 aromatic heterocycles. The number of ether oxygens (including phenoxy) is 3. The fourth-order valence-electron chi connectivity index (χ4n) is 2.86. The fraction of sp³-hybridized carbons (Fsp3) is 0.412. The lowest BCUT2D eigenvalue weighted by Gasteiger charge is -2.19. The van der Waals surface area contributed by atoms with E-state index in [9.17, 15) is 9.18 Å². The van der Waals surface area contributed by atoms with Crippen LogP contribution >= 0.6 is 0 Å². The first kappa shape index (κ1) is 16.4. The lowest BCUT2D eigenvalue weighted by Crippen LogP contribution is -2.36. The van der Waals surface area contributed by atoms with Crippen molar-refractivity contribution in [2.75, 3.05) is 27.4 Å². The third-order valence-corrected chi connectivity index (χ3v) is 4.17. The van der Waals surface area contributed by atoms with E-state index in [4.69, 9.17) is 14.2 Å². The summed E-state index contributed by atoms with van der Waals surface area (Å²) in [5, 5.41) is 4.35. The van der Waals surface area contributed by atoms with E-state index in [-0.39, 0.29) is 13.2 Å². The van der Waals surface area contributed by atoms with E-state index in [1.807, 2.05) is 24.3 Å². The number of carbonyl (C=O) groups is 1. The Bertz CT molecular complexity index is 740. The summed E-state index contributed by atoms with van der Waals surface area (Å²) < 4.78 is 29.9. The number of rotatable bonds is 6. The van der Waals surface area contributed by atoms with E-state index in [0.717, 1.165) is 10.8 Å². The number of methoxy groups -OCH3 is 2. The molecule has 1 fully saturated rings. The van der Waals surface area contributed by atoms with Crippen LogP contribution in [-0.4, -0.2) is 50.5 Å². The second-order valence-electron chi connectivity index (χ2n) is 5.65. The molecule has 0 aliphatic carbocycles. The van der Waals surface area contributed by atoms with Gasteiger partial charge in [0, 0.05) is 24.6 Å². The van der Waals surface area contributed by atoms with Crippen molar-refractivity contribution in [1.29, 1.82) is 0 Å². The van der Waals surface area contributed by atoms with Gasteiger partial charge in [-0.25, -0.2) is 9.37 Å². The van der Waals surface area contributed by atoms with Crippen LogP contribution in [0, 0.1) is 5.92 Å². The maximum atomic E-state index is 13.9. The van der Waals surface area contributed by atoms with Crippen molar-refractivity contribution in [2.45, 2.75) is 12.2 Å². The number of nitrogens with one attached hydrogen (secondary N) is 1. The average molecular weight is 334 g/mol. The Morgan fingerprint density at radius 3 is 2.83 bits per heavy atom. The van der Waals surface area contributed by atoms with E-state index in [0.29, 0.717) is 11.6 Å². The molecule has 0 saturated carbocycles. The summed E-state index contributed by atoms with van der Waals surface area (Å²) in [6, 6.07) is 6.99. The summed E-state index contributed by atoms with van der Waals surface area (Å²) in [5.74, 6) is -0.0973. The average Bonchev–Trinajstić information content (AvgIpc) is 2.87. The normalized spacial score (nSPS) is 23.3. The molecule has 3 atom stereocenters. The Morgan fingerprint density at radius 2 is 2.08 bits per heavy atom. The van der Waals surface area contributed by atoms with Crippen molar-refractivity contribution >= 4 is 16.7 Å². The lowest BCUT2D eigenvalue weighted by atomic mass is 10.0. The molecule has 0 spiro atoms. The number of halogens is 1. The van der Waals surface area contributed by atoms with E-state index in [2.05, 4.69) is 10.3 Å². The summed E-state index contributed by atoms with van der Waals surface area (Å²) in [5.41, 5.74) is 0. The van der Waals surface area contributed by atoms with E-state index < -0.39 is 24.0 Å². The summed E-state index contributed by atoms with van der Waals surface area (Å²) in [6.07, 6.45) is 0.0567. The number of carbonyl (C=O) groups excluding carboxylic acids is 1. The number of aromatic nitrogens is 1. The molecular formula is C17H19FN2O4. The SMILES string of the molecule is COC[C@H]1[C@@H](COc2nccc3ccc(OC)cc23)NC(=O)[C@@H]1F. The lowest BCUT2D eigenvalue weighted by molar-refractivity contribution is -0.124. The van der Waals surface area contributed by atoms with Gasteiger partial charge in [0.1, 0.15) is 12.4 Å². The molecule has 2 heterocycles. The molecule has 1 N–H and O–H groups in total. The molecule has 1 amide bonds. The Morgan fingerprint density at radius 1 is 1.25 bits per heavy atom. The van der Waals surface area contributed by atoms with Gasteiger partial charge < -0.3 is 19.5 Å². The van der Waals surface area contributed by atoms with Crippen molar-refractivity contribution in [3.63, 3.8) is 0 Å². The molecule has 1 aromatic carbocycles. The Balaban J connectivity index is 1.79. The van der Waals surface area contributed by atoms with E-state index in [1.54, 1.807) is 13.3 Å². The van der Waals surface area contributed by atoms with Crippen molar-refractivity contribution in [3.8, 4) is 11.6 Å². The number of pyridine rings is 1. The second-order valence-corrected chi connectivity index (χ2v) is 5.65. The number of alkyl halides is 1. The predicted octanol–water partition coefficient (Wildman–Crippen LogP) is 1.72. The Labute approximate surface area is 138 Å².